The van der Waals surface area contributed by atoms with Gasteiger partial charge in [0, 0.05) is 17.0 Å². The number of rotatable bonds is 7. The predicted octanol–water partition coefficient (Wildman–Crippen LogP) is 4.23. The third kappa shape index (κ3) is 4.49. The molecule has 0 bridgehead atoms. The van der Waals surface area contributed by atoms with Crippen LogP contribution in [0.2, 0.25) is 0 Å². The highest BCUT2D eigenvalue weighted by molar-refractivity contribution is 7.98. The number of anilines is 1. The number of nitrogens with one attached hydrogen (secondary N) is 1. The Morgan fingerprint density at radius 1 is 1.10 bits per heavy atom. The maximum absolute atomic E-state index is 13.1. The van der Waals surface area contributed by atoms with Crippen LogP contribution in [0, 0.1) is 0 Å². The van der Waals surface area contributed by atoms with E-state index in [2.05, 4.69) is 24.4 Å². The number of carbonyl (C=O) groups excluding carboxylic acids is 1. The van der Waals surface area contributed by atoms with Gasteiger partial charge in [-0.1, -0.05) is 67.2 Å². The number of para-hydroxylation sites is 1. The van der Waals surface area contributed by atoms with Crippen molar-refractivity contribution >= 4 is 23.4 Å². The summed E-state index contributed by atoms with van der Waals surface area (Å²) in [5.41, 5.74) is 4.61. The molecule has 1 heterocycles. The fourth-order valence-corrected chi connectivity index (χ4v) is 4.73. The summed E-state index contributed by atoms with van der Waals surface area (Å²) in [5, 5.41) is 3.58. The number of aryl methyl sites for hydroxylation is 2. The molecule has 0 unspecified atom stereocenters. The summed E-state index contributed by atoms with van der Waals surface area (Å²) in [6.07, 6.45) is 3.35. The second-order valence-corrected chi connectivity index (χ2v) is 8.34. The molecule has 1 amide bonds. The number of amides is 1. The third-order valence-corrected chi connectivity index (χ3v) is 6.39. The van der Waals surface area contributed by atoms with Gasteiger partial charge in [-0.3, -0.25) is 14.2 Å². The van der Waals surface area contributed by atoms with Crippen LogP contribution in [0.25, 0.3) is 0 Å². The SMILES string of the molecule is CCc1ccccc1NC(=O)Cn1c(SCc2ccccc2)nc2c(c1=O)CCC2. The van der Waals surface area contributed by atoms with Crippen LogP contribution >= 0.6 is 11.8 Å². The summed E-state index contributed by atoms with van der Waals surface area (Å²) in [4.78, 5) is 30.7. The summed E-state index contributed by atoms with van der Waals surface area (Å²) >= 11 is 1.51. The quantitative estimate of drug-likeness (QED) is 0.460. The molecule has 0 saturated carbocycles. The second-order valence-electron chi connectivity index (χ2n) is 7.40. The van der Waals surface area contributed by atoms with E-state index in [1.807, 2.05) is 42.5 Å². The van der Waals surface area contributed by atoms with Crippen molar-refractivity contribution in [1.29, 1.82) is 0 Å². The molecule has 0 atom stereocenters. The van der Waals surface area contributed by atoms with E-state index in [-0.39, 0.29) is 18.0 Å². The number of nitrogens with zero attached hydrogens (tertiary/aromatic N) is 2. The first-order valence-electron chi connectivity index (χ1n) is 10.3. The Bertz CT molecular complexity index is 1110. The van der Waals surface area contributed by atoms with Crippen LogP contribution in [-0.4, -0.2) is 15.5 Å². The van der Waals surface area contributed by atoms with E-state index in [0.717, 1.165) is 53.8 Å². The lowest BCUT2D eigenvalue weighted by atomic mass is 10.1. The molecule has 6 heteroatoms. The molecule has 1 N–H and O–H groups in total. The standard InChI is InChI=1S/C24H25N3O2S/c1-2-18-11-6-7-13-20(18)25-22(28)15-27-23(29)19-12-8-14-21(19)26-24(27)30-16-17-9-4-3-5-10-17/h3-7,9-11,13H,2,8,12,14-16H2,1H3,(H,25,28). The number of hydrogen-bond donors (Lipinski definition) is 1. The summed E-state index contributed by atoms with van der Waals surface area (Å²) in [6, 6.07) is 17.8. The molecule has 154 valence electrons. The average molecular weight is 420 g/mol. The zero-order chi connectivity index (χ0) is 20.9. The van der Waals surface area contributed by atoms with Crippen LogP contribution in [0.4, 0.5) is 5.69 Å². The fourth-order valence-electron chi connectivity index (χ4n) is 3.76. The largest absolute Gasteiger partial charge is 0.324 e. The molecular formula is C24H25N3O2S. The number of aromatic nitrogens is 2. The van der Waals surface area contributed by atoms with Gasteiger partial charge >= 0.3 is 0 Å². The molecule has 0 saturated heterocycles. The Balaban J connectivity index is 1.59. The Morgan fingerprint density at radius 3 is 2.67 bits per heavy atom. The molecule has 0 fully saturated rings. The van der Waals surface area contributed by atoms with Crippen molar-refractivity contribution in [3.05, 3.63) is 87.3 Å². The van der Waals surface area contributed by atoms with E-state index in [9.17, 15) is 9.59 Å². The smallest absolute Gasteiger partial charge is 0.258 e. The number of hydrogen-bond acceptors (Lipinski definition) is 4. The minimum absolute atomic E-state index is 0.0334. The van der Waals surface area contributed by atoms with E-state index in [4.69, 9.17) is 4.98 Å². The van der Waals surface area contributed by atoms with Gasteiger partial charge in [-0.2, -0.15) is 0 Å². The molecule has 5 nitrogen and oxygen atoms in total. The first kappa shape index (κ1) is 20.4. The van der Waals surface area contributed by atoms with Crippen LogP contribution in [-0.2, 0) is 36.4 Å². The van der Waals surface area contributed by atoms with Crippen molar-refractivity contribution in [3.63, 3.8) is 0 Å². The molecule has 0 spiro atoms. The normalized spacial score (nSPS) is 12.6. The fraction of sp³-hybridized carbons (Fsp3) is 0.292. The van der Waals surface area contributed by atoms with Crippen molar-refractivity contribution in [1.82, 2.24) is 9.55 Å². The van der Waals surface area contributed by atoms with E-state index in [1.54, 1.807) is 4.57 Å². The van der Waals surface area contributed by atoms with Crippen molar-refractivity contribution in [2.75, 3.05) is 5.32 Å². The lowest BCUT2D eigenvalue weighted by Gasteiger charge is -2.15. The van der Waals surface area contributed by atoms with Gasteiger partial charge in [0.2, 0.25) is 5.91 Å². The first-order chi connectivity index (χ1) is 14.7. The zero-order valence-corrected chi connectivity index (χ0v) is 17.9. The first-order valence-corrected chi connectivity index (χ1v) is 11.3. The Labute approximate surface area is 180 Å². The molecule has 1 aliphatic carbocycles. The lowest BCUT2D eigenvalue weighted by molar-refractivity contribution is -0.116. The van der Waals surface area contributed by atoms with E-state index in [0.29, 0.717) is 10.9 Å². The highest BCUT2D eigenvalue weighted by Gasteiger charge is 2.22. The van der Waals surface area contributed by atoms with Crippen LogP contribution < -0.4 is 10.9 Å². The van der Waals surface area contributed by atoms with Gasteiger partial charge in [-0.25, -0.2) is 4.98 Å². The third-order valence-electron chi connectivity index (χ3n) is 5.34. The molecular weight excluding hydrogens is 394 g/mol. The second kappa shape index (κ2) is 9.30. The number of benzene rings is 2. The van der Waals surface area contributed by atoms with Crippen molar-refractivity contribution in [2.24, 2.45) is 0 Å². The number of carbonyl (C=O) groups is 1. The maximum atomic E-state index is 13.1. The zero-order valence-electron chi connectivity index (χ0n) is 17.1. The number of fused-ring (bicyclic) bond motifs is 1. The van der Waals surface area contributed by atoms with Gasteiger partial charge < -0.3 is 5.32 Å². The molecule has 4 rings (SSSR count). The lowest BCUT2D eigenvalue weighted by Crippen LogP contribution is -2.32. The highest BCUT2D eigenvalue weighted by Crippen LogP contribution is 2.24. The highest BCUT2D eigenvalue weighted by atomic mass is 32.2. The Kier molecular flexibility index (Phi) is 6.33. The van der Waals surface area contributed by atoms with Gasteiger partial charge in [-0.15, -0.1) is 0 Å². The number of thioether (sulfide) groups is 1. The van der Waals surface area contributed by atoms with E-state index in [1.165, 1.54) is 11.8 Å². The monoisotopic (exact) mass is 419 g/mol. The van der Waals surface area contributed by atoms with Gasteiger partial charge in [0.15, 0.2) is 5.16 Å². The Hall–Kier alpha value is -2.86. The molecule has 0 aliphatic heterocycles. The molecule has 2 aromatic carbocycles. The summed E-state index contributed by atoms with van der Waals surface area (Å²) < 4.78 is 1.54. The van der Waals surface area contributed by atoms with Gasteiger partial charge in [0.25, 0.3) is 5.56 Å². The molecule has 3 aromatic rings. The molecule has 30 heavy (non-hydrogen) atoms. The van der Waals surface area contributed by atoms with Crippen LogP contribution in [0.1, 0.15) is 35.7 Å². The minimum atomic E-state index is -0.209. The summed E-state index contributed by atoms with van der Waals surface area (Å²) in [6.45, 7) is 2.02. The summed E-state index contributed by atoms with van der Waals surface area (Å²) in [5.74, 6) is 0.492. The summed E-state index contributed by atoms with van der Waals surface area (Å²) in [7, 11) is 0. The topological polar surface area (TPSA) is 64.0 Å². The van der Waals surface area contributed by atoms with Crippen molar-refractivity contribution in [3.8, 4) is 0 Å². The predicted molar refractivity (Wildman–Crippen MR) is 121 cm³/mol. The average Bonchev–Trinajstić information content (AvgIpc) is 3.24. The van der Waals surface area contributed by atoms with Gasteiger partial charge in [-0.05, 0) is 42.9 Å². The Morgan fingerprint density at radius 2 is 1.87 bits per heavy atom. The van der Waals surface area contributed by atoms with E-state index < -0.39 is 0 Å². The molecule has 1 aliphatic rings. The molecule has 1 aromatic heterocycles. The molecule has 0 radical (unpaired) electrons. The van der Waals surface area contributed by atoms with Crippen molar-refractivity contribution < 1.29 is 4.79 Å². The van der Waals surface area contributed by atoms with E-state index >= 15 is 0 Å². The van der Waals surface area contributed by atoms with Gasteiger partial charge in [0.1, 0.15) is 6.54 Å². The maximum Gasteiger partial charge on any atom is 0.258 e. The van der Waals surface area contributed by atoms with Gasteiger partial charge in [0.05, 0.1) is 5.69 Å². The minimum Gasteiger partial charge on any atom is -0.324 e. The van der Waals surface area contributed by atoms with Crippen LogP contribution in [0.15, 0.2) is 64.5 Å². The van der Waals surface area contributed by atoms with Crippen LogP contribution in [0.3, 0.4) is 0 Å². The van der Waals surface area contributed by atoms with Crippen molar-refractivity contribution in [2.45, 2.75) is 50.1 Å². The van der Waals surface area contributed by atoms with Crippen LogP contribution in [0.5, 0.6) is 0 Å².